The Morgan fingerprint density at radius 2 is 1.02 bits per heavy atom. The van der Waals surface area contributed by atoms with Crippen LogP contribution in [0.5, 0.6) is 0 Å². The minimum atomic E-state index is 0.552. The van der Waals surface area contributed by atoms with Gasteiger partial charge in [0, 0.05) is 38.6 Å². The van der Waals surface area contributed by atoms with Crippen LogP contribution >= 0.6 is 0 Å². The van der Waals surface area contributed by atoms with Gasteiger partial charge in [-0.15, -0.1) is 0 Å². The van der Waals surface area contributed by atoms with Crippen LogP contribution in [-0.4, -0.2) is 14.5 Å². The van der Waals surface area contributed by atoms with Gasteiger partial charge in [-0.2, -0.15) is 5.26 Å². The number of para-hydroxylation sites is 3. The fourth-order valence-corrected chi connectivity index (χ4v) is 6.47. The van der Waals surface area contributed by atoms with Crippen LogP contribution in [0.3, 0.4) is 0 Å². The molecule has 0 saturated carbocycles. The molecule has 2 aromatic heterocycles. The molecule has 4 nitrogen and oxygen atoms in total. The van der Waals surface area contributed by atoms with E-state index in [1.54, 1.807) is 0 Å². The smallest absolute Gasteiger partial charge is 0.160 e. The molecule has 46 heavy (non-hydrogen) atoms. The van der Waals surface area contributed by atoms with Crippen molar-refractivity contribution in [3.05, 3.63) is 163 Å². The molecule has 6 aromatic carbocycles. The van der Waals surface area contributed by atoms with Gasteiger partial charge in [0.2, 0.25) is 0 Å². The molecule has 0 atom stereocenters. The van der Waals surface area contributed by atoms with E-state index in [0.29, 0.717) is 11.4 Å². The summed E-state index contributed by atoms with van der Waals surface area (Å²) in [5, 5.41) is 12.6. The lowest BCUT2D eigenvalue weighted by Crippen LogP contribution is -2.01. The van der Waals surface area contributed by atoms with E-state index >= 15 is 0 Å². The van der Waals surface area contributed by atoms with Crippen LogP contribution in [0.4, 0.5) is 0 Å². The predicted octanol–water partition coefficient (Wildman–Crippen LogP) is 10.4. The molecule has 8 aromatic rings. The molecule has 216 valence electrons. The van der Waals surface area contributed by atoms with E-state index in [0.717, 1.165) is 61.5 Å². The van der Waals surface area contributed by atoms with Crippen molar-refractivity contribution in [2.45, 2.75) is 6.92 Å². The molecule has 0 unspecified atom stereocenters. The summed E-state index contributed by atoms with van der Waals surface area (Å²) in [6.45, 7) is 2.08. The summed E-state index contributed by atoms with van der Waals surface area (Å²) >= 11 is 0. The highest BCUT2D eigenvalue weighted by Gasteiger charge is 2.19. The van der Waals surface area contributed by atoms with E-state index in [1.165, 1.54) is 10.8 Å². The molecule has 0 N–H and O–H groups in total. The maximum Gasteiger partial charge on any atom is 0.160 e. The number of hydrogen-bond acceptors (Lipinski definition) is 3. The normalized spacial score (nSPS) is 11.1. The lowest BCUT2D eigenvalue weighted by molar-refractivity contribution is 1.15. The van der Waals surface area contributed by atoms with Gasteiger partial charge in [-0.3, -0.25) is 0 Å². The highest BCUT2D eigenvalue weighted by molar-refractivity contribution is 6.09. The van der Waals surface area contributed by atoms with E-state index in [1.807, 2.05) is 48.5 Å². The van der Waals surface area contributed by atoms with Crippen LogP contribution in [0.1, 0.15) is 11.1 Å². The molecule has 0 bridgehead atoms. The summed E-state index contributed by atoms with van der Waals surface area (Å²) < 4.78 is 2.32. The van der Waals surface area contributed by atoms with E-state index in [-0.39, 0.29) is 0 Å². The molecule has 0 aliphatic carbocycles. The van der Waals surface area contributed by atoms with Gasteiger partial charge in [0.25, 0.3) is 0 Å². The minimum Gasteiger partial charge on any atom is -0.309 e. The van der Waals surface area contributed by atoms with Crippen LogP contribution in [0.25, 0.3) is 72.5 Å². The zero-order valence-electron chi connectivity index (χ0n) is 25.2. The van der Waals surface area contributed by atoms with Gasteiger partial charge in [-0.1, -0.05) is 115 Å². The summed E-state index contributed by atoms with van der Waals surface area (Å²) in [6, 6.07) is 54.2. The summed E-state index contributed by atoms with van der Waals surface area (Å²) in [5.74, 6) is 0.580. The van der Waals surface area contributed by atoms with Crippen molar-refractivity contribution in [3.63, 3.8) is 0 Å². The Morgan fingerprint density at radius 1 is 0.522 bits per heavy atom. The van der Waals surface area contributed by atoms with Gasteiger partial charge in [-0.05, 0) is 48.9 Å². The van der Waals surface area contributed by atoms with Gasteiger partial charge in [0.05, 0.1) is 39.7 Å². The lowest BCUT2D eigenvalue weighted by Gasteiger charge is -2.16. The molecule has 0 saturated heterocycles. The first-order valence-electron chi connectivity index (χ1n) is 15.3. The number of nitriles is 1. The number of rotatable bonds is 5. The van der Waals surface area contributed by atoms with E-state index in [4.69, 9.17) is 9.97 Å². The van der Waals surface area contributed by atoms with E-state index in [2.05, 4.69) is 121 Å². The van der Waals surface area contributed by atoms with Gasteiger partial charge in [0.15, 0.2) is 5.82 Å². The van der Waals surface area contributed by atoms with Gasteiger partial charge in [-0.25, -0.2) is 9.97 Å². The fourth-order valence-electron chi connectivity index (χ4n) is 6.47. The SMILES string of the molecule is Cc1c(-c2ccccc2)nc(-c2cc(C#N)cc(-c3ccccc3-n3c4ccccc4c4ccccc43)c2)nc1-c1ccccc1. The predicted molar refractivity (Wildman–Crippen MR) is 188 cm³/mol. The molecular formula is C42H28N4. The Balaban J connectivity index is 1.37. The van der Waals surface area contributed by atoms with Crippen molar-refractivity contribution in [1.82, 2.24) is 14.5 Å². The Morgan fingerprint density at radius 3 is 1.61 bits per heavy atom. The topological polar surface area (TPSA) is 54.5 Å². The number of benzene rings is 6. The molecular weight excluding hydrogens is 560 g/mol. The summed E-state index contributed by atoms with van der Waals surface area (Å²) in [4.78, 5) is 10.3. The van der Waals surface area contributed by atoms with E-state index in [9.17, 15) is 5.26 Å². The first-order valence-corrected chi connectivity index (χ1v) is 15.3. The Bertz CT molecular complexity index is 2320. The van der Waals surface area contributed by atoms with Gasteiger partial charge >= 0.3 is 0 Å². The van der Waals surface area contributed by atoms with Crippen LogP contribution in [0.2, 0.25) is 0 Å². The number of aromatic nitrogens is 3. The molecule has 0 radical (unpaired) electrons. The first-order chi connectivity index (χ1) is 22.7. The van der Waals surface area contributed by atoms with Crippen molar-refractivity contribution < 1.29 is 0 Å². The minimum absolute atomic E-state index is 0.552. The van der Waals surface area contributed by atoms with Crippen molar-refractivity contribution >= 4 is 21.8 Å². The van der Waals surface area contributed by atoms with Gasteiger partial charge < -0.3 is 4.57 Å². The second kappa shape index (κ2) is 11.3. The Hall–Kier alpha value is -6.31. The lowest BCUT2D eigenvalue weighted by atomic mass is 9.97. The van der Waals surface area contributed by atoms with Crippen molar-refractivity contribution in [2.75, 3.05) is 0 Å². The zero-order chi connectivity index (χ0) is 31.0. The van der Waals surface area contributed by atoms with Crippen LogP contribution < -0.4 is 0 Å². The van der Waals surface area contributed by atoms with Crippen molar-refractivity contribution in [2.24, 2.45) is 0 Å². The fraction of sp³-hybridized carbons (Fsp3) is 0.0238. The molecule has 0 aliphatic heterocycles. The third-order valence-electron chi connectivity index (χ3n) is 8.60. The van der Waals surface area contributed by atoms with Crippen LogP contribution in [0, 0.1) is 18.3 Å². The molecule has 0 spiro atoms. The van der Waals surface area contributed by atoms with Crippen molar-refractivity contribution in [1.29, 1.82) is 5.26 Å². The first kappa shape index (κ1) is 27.3. The standard InChI is InChI=1S/C42H28N4/c1-28-40(30-14-4-2-5-15-30)44-42(45-41(28)31-16-6-3-7-17-31)33-25-29(27-43)24-32(26-33)34-18-8-11-21-37(34)46-38-22-12-9-19-35(38)36-20-10-13-23-39(36)46/h2-26H,1H3. The summed E-state index contributed by atoms with van der Waals surface area (Å²) in [7, 11) is 0. The maximum atomic E-state index is 10.2. The second-order valence-electron chi connectivity index (χ2n) is 11.4. The highest BCUT2D eigenvalue weighted by atomic mass is 15.0. The third kappa shape index (κ3) is 4.63. The van der Waals surface area contributed by atoms with Crippen molar-refractivity contribution in [3.8, 4) is 56.8 Å². The third-order valence-corrected chi connectivity index (χ3v) is 8.60. The number of nitrogens with zero attached hydrogens (tertiary/aromatic N) is 4. The number of fused-ring (bicyclic) bond motifs is 3. The quantitative estimate of drug-likeness (QED) is 0.201. The average Bonchev–Trinajstić information content (AvgIpc) is 3.46. The molecule has 0 amide bonds. The van der Waals surface area contributed by atoms with Gasteiger partial charge in [0.1, 0.15) is 0 Å². The Kier molecular flexibility index (Phi) is 6.70. The highest BCUT2D eigenvalue weighted by Crippen LogP contribution is 2.38. The maximum absolute atomic E-state index is 10.2. The second-order valence-corrected chi connectivity index (χ2v) is 11.4. The molecule has 4 heteroatoms. The monoisotopic (exact) mass is 588 g/mol. The largest absolute Gasteiger partial charge is 0.309 e. The average molecular weight is 589 g/mol. The molecule has 0 fully saturated rings. The van der Waals surface area contributed by atoms with Crippen LogP contribution in [0.15, 0.2) is 152 Å². The zero-order valence-corrected chi connectivity index (χ0v) is 25.2. The van der Waals surface area contributed by atoms with Crippen LogP contribution in [-0.2, 0) is 0 Å². The molecule has 0 aliphatic rings. The summed E-state index contributed by atoms with van der Waals surface area (Å²) in [6.07, 6.45) is 0. The molecule has 8 rings (SSSR count). The molecule has 2 heterocycles. The van der Waals surface area contributed by atoms with E-state index < -0.39 is 0 Å². The summed E-state index contributed by atoms with van der Waals surface area (Å²) in [5.41, 5.74) is 11.4. The number of hydrogen-bond donors (Lipinski definition) is 0. The Labute approximate surface area is 267 Å².